The first-order chi connectivity index (χ1) is 10.0. The van der Waals surface area contributed by atoms with Crippen LogP contribution in [-0.4, -0.2) is 27.5 Å². The Morgan fingerprint density at radius 1 is 1.57 bits per heavy atom. The monoisotopic (exact) mass is 292 g/mol. The van der Waals surface area contributed by atoms with Crippen LogP contribution in [0.25, 0.3) is 0 Å². The largest absolute Gasteiger partial charge is 0.382 e. The third kappa shape index (κ3) is 3.62. The highest BCUT2D eigenvalue weighted by atomic mass is 16.6. The summed E-state index contributed by atoms with van der Waals surface area (Å²) in [7, 11) is 0. The lowest BCUT2D eigenvalue weighted by Crippen LogP contribution is -2.29. The molecule has 1 N–H and O–H groups in total. The summed E-state index contributed by atoms with van der Waals surface area (Å²) in [5.74, 6) is 0.908. The zero-order valence-corrected chi connectivity index (χ0v) is 13.2. The van der Waals surface area contributed by atoms with E-state index in [4.69, 9.17) is 4.84 Å². The van der Waals surface area contributed by atoms with E-state index in [0.717, 1.165) is 36.5 Å². The first kappa shape index (κ1) is 15.5. The van der Waals surface area contributed by atoms with Gasteiger partial charge in [-0.15, -0.1) is 0 Å². The van der Waals surface area contributed by atoms with E-state index in [9.17, 15) is 4.79 Å². The lowest BCUT2D eigenvalue weighted by atomic mass is 10.0. The molecule has 1 atom stereocenters. The Labute approximate surface area is 125 Å². The number of aromatic nitrogens is 2. The molecule has 0 aliphatic carbocycles. The van der Waals surface area contributed by atoms with Gasteiger partial charge in [0.1, 0.15) is 5.82 Å². The molecule has 0 radical (unpaired) electrons. The van der Waals surface area contributed by atoms with Gasteiger partial charge < -0.3 is 10.2 Å². The highest BCUT2D eigenvalue weighted by molar-refractivity contribution is 5.99. The van der Waals surface area contributed by atoms with Crippen molar-refractivity contribution in [1.29, 1.82) is 0 Å². The van der Waals surface area contributed by atoms with E-state index in [-0.39, 0.29) is 5.91 Å². The smallest absolute Gasteiger partial charge is 0.269 e. The lowest BCUT2D eigenvalue weighted by Gasteiger charge is -2.12. The van der Waals surface area contributed by atoms with E-state index in [1.165, 1.54) is 0 Å². The number of rotatable bonds is 6. The molecule has 0 saturated heterocycles. The molecule has 21 heavy (non-hydrogen) atoms. The third-order valence-corrected chi connectivity index (χ3v) is 3.64. The Hall–Kier alpha value is -1.85. The molecule has 0 spiro atoms. The van der Waals surface area contributed by atoms with Crippen LogP contribution in [0.4, 0.5) is 5.82 Å². The number of aryl methyl sites for hydroxylation is 2. The fourth-order valence-corrected chi connectivity index (χ4v) is 2.19. The zero-order valence-electron chi connectivity index (χ0n) is 13.2. The predicted molar refractivity (Wildman–Crippen MR) is 82.3 cm³/mol. The summed E-state index contributed by atoms with van der Waals surface area (Å²) in [5, 5.41) is 11.2. The molecule has 1 aromatic rings. The molecule has 1 aliphatic heterocycles. The zero-order chi connectivity index (χ0) is 15.4. The topological polar surface area (TPSA) is 68.5 Å². The van der Waals surface area contributed by atoms with Crippen LogP contribution in [-0.2, 0) is 16.2 Å². The van der Waals surface area contributed by atoms with Crippen molar-refractivity contribution in [3.8, 4) is 0 Å². The van der Waals surface area contributed by atoms with Crippen molar-refractivity contribution in [2.24, 2.45) is 11.1 Å². The van der Waals surface area contributed by atoms with E-state index in [1.807, 2.05) is 25.5 Å². The van der Waals surface area contributed by atoms with Crippen molar-refractivity contribution in [3.05, 3.63) is 11.8 Å². The molecule has 116 valence electrons. The first-order valence-corrected chi connectivity index (χ1v) is 7.58. The van der Waals surface area contributed by atoms with Crippen LogP contribution in [0.1, 0.15) is 45.6 Å². The maximum atomic E-state index is 12.3. The average molecular weight is 292 g/mol. The average Bonchev–Trinajstić information content (AvgIpc) is 3.06. The molecule has 1 amide bonds. The number of unbranched alkanes of at least 4 members (excludes halogenated alkanes) is 1. The van der Waals surface area contributed by atoms with Gasteiger partial charge >= 0.3 is 0 Å². The minimum absolute atomic E-state index is 0.157. The van der Waals surface area contributed by atoms with Crippen LogP contribution in [0.5, 0.6) is 0 Å². The summed E-state index contributed by atoms with van der Waals surface area (Å²) < 4.78 is 1.84. The summed E-state index contributed by atoms with van der Waals surface area (Å²) in [6.45, 7) is 8.97. The predicted octanol–water partition coefficient (Wildman–Crippen LogP) is 2.73. The summed E-state index contributed by atoms with van der Waals surface area (Å²) in [6.07, 6.45) is 3.92. The molecular weight excluding hydrogens is 268 g/mol. The number of carbonyl (C=O) groups is 1. The fourth-order valence-electron chi connectivity index (χ4n) is 2.19. The lowest BCUT2D eigenvalue weighted by molar-refractivity contribution is -0.125. The number of anilines is 1. The Bertz CT molecular complexity index is 534. The second-order valence-electron chi connectivity index (χ2n) is 5.78. The highest BCUT2D eigenvalue weighted by Gasteiger charge is 2.30. The number of hydrogen-bond donors (Lipinski definition) is 1. The summed E-state index contributed by atoms with van der Waals surface area (Å²) in [5.41, 5.74) is 1.90. The van der Waals surface area contributed by atoms with Gasteiger partial charge in [-0.1, -0.05) is 32.3 Å². The Kier molecular flexibility index (Phi) is 4.98. The Balaban J connectivity index is 1.99. The molecule has 6 nitrogen and oxygen atoms in total. The van der Waals surface area contributed by atoms with Crippen molar-refractivity contribution >= 4 is 17.4 Å². The first-order valence-electron chi connectivity index (χ1n) is 7.58. The van der Waals surface area contributed by atoms with Gasteiger partial charge in [0, 0.05) is 18.5 Å². The van der Waals surface area contributed by atoms with Gasteiger partial charge in [-0.3, -0.25) is 4.79 Å². The molecule has 0 aromatic carbocycles. The molecule has 2 heterocycles. The Morgan fingerprint density at radius 3 is 2.95 bits per heavy atom. The quantitative estimate of drug-likeness (QED) is 0.876. The molecule has 1 aromatic heterocycles. The van der Waals surface area contributed by atoms with Crippen LogP contribution < -0.4 is 5.32 Å². The molecule has 0 fully saturated rings. The van der Waals surface area contributed by atoms with Crippen LogP contribution in [0.3, 0.4) is 0 Å². The van der Waals surface area contributed by atoms with Crippen molar-refractivity contribution in [2.45, 2.75) is 59.6 Å². The number of oxime groups is 1. The third-order valence-electron chi connectivity index (χ3n) is 3.64. The van der Waals surface area contributed by atoms with Crippen LogP contribution in [0.2, 0.25) is 0 Å². The van der Waals surface area contributed by atoms with Crippen molar-refractivity contribution in [2.75, 3.05) is 5.32 Å². The van der Waals surface area contributed by atoms with E-state index in [1.54, 1.807) is 6.20 Å². The van der Waals surface area contributed by atoms with Gasteiger partial charge in [-0.2, -0.15) is 5.10 Å². The van der Waals surface area contributed by atoms with Crippen molar-refractivity contribution in [3.63, 3.8) is 0 Å². The molecule has 0 unspecified atom stereocenters. The molecule has 0 bridgehead atoms. The summed E-state index contributed by atoms with van der Waals surface area (Å²) in [6, 6.07) is 0. The number of hydrogen-bond acceptors (Lipinski definition) is 4. The molecule has 6 heteroatoms. The fraction of sp³-hybridized carbons (Fsp3) is 0.667. The molecule has 0 saturated carbocycles. The highest BCUT2D eigenvalue weighted by Crippen LogP contribution is 2.20. The van der Waals surface area contributed by atoms with Gasteiger partial charge in [-0.25, -0.2) is 4.68 Å². The second-order valence-corrected chi connectivity index (χ2v) is 5.78. The van der Waals surface area contributed by atoms with Crippen LogP contribution in [0.15, 0.2) is 11.4 Å². The maximum Gasteiger partial charge on any atom is 0.269 e. The molecule has 1 aliphatic rings. The van der Waals surface area contributed by atoms with E-state index < -0.39 is 6.10 Å². The van der Waals surface area contributed by atoms with Gasteiger partial charge in [0.15, 0.2) is 0 Å². The Morgan fingerprint density at radius 2 is 2.33 bits per heavy atom. The van der Waals surface area contributed by atoms with Crippen LogP contribution in [0, 0.1) is 12.8 Å². The standard InChI is InChI=1S/C15H24N4O2/c1-5-6-7-19-14(11(4)9-16-19)17-15(20)13-8-12(10(2)3)18-21-13/h9-10,13H,5-8H2,1-4H3,(H,17,20)/t13-/m0/s1. The van der Waals surface area contributed by atoms with Gasteiger partial charge in [-0.05, 0) is 19.3 Å². The SMILES string of the molecule is CCCCn1ncc(C)c1NC(=O)[C@@H]1CC(C(C)C)=NO1. The van der Waals surface area contributed by atoms with Crippen LogP contribution >= 0.6 is 0 Å². The van der Waals surface area contributed by atoms with E-state index >= 15 is 0 Å². The minimum Gasteiger partial charge on any atom is -0.382 e. The minimum atomic E-state index is -0.531. The van der Waals surface area contributed by atoms with Gasteiger partial charge in [0.2, 0.25) is 6.10 Å². The van der Waals surface area contributed by atoms with E-state index in [0.29, 0.717) is 12.3 Å². The molecule has 2 rings (SSSR count). The number of carbonyl (C=O) groups excluding carboxylic acids is 1. The van der Waals surface area contributed by atoms with Crippen molar-refractivity contribution in [1.82, 2.24) is 9.78 Å². The summed E-state index contributed by atoms with van der Waals surface area (Å²) >= 11 is 0. The normalized spacial score (nSPS) is 17.8. The van der Waals surface area contributed by atoms with Crippen molar-refractivity contribution < 1.29 is 9.63 Å². The second kappa shape index (κ2) is 6.74. The summed E-state index contributed by atoms with van der Waals surface area (Å²) in [4.78, 5) is 17.6. The van der Waals surface area contributed by atoms with Gasteiger partial charge in [0.25, 0.3) is 5.91 Å². The number of amides is 1. The number of nitrogens with one attached hydrogen (secondary N) is 1. The maximum absolute atomic E-state index is 12.3. The molecular formula is C15H24N4O2. The number of nitrogens with zero attached hydrogens (tertiary/aromatic N) is 3. The van der Waals surface area contributed by atoms with E-state index in [2.05, 4.69) is 22.5 Å². The van der Waals surface area contributed by atoms with Gasteiger partial charge in [0.05, 0.1) is 11.9 Å².